The lowest BCUT2D eigenvalue weighted by Crippen LogP contribution is -2.42. The van der Waals surface area contributed by atoms with E-state index >= 15 is 0 Å². The van der Waals surface area contributed by atoms with Gasteiger partial charge in [-0.2, -0.15) is 0 Å². The van der Waals surface area contributed by atoms with E-state index in [0.29, 0.717) is 24.7 Å². The summed E-state index contributed by atoms with van der Waals surface area (Å²) in [5, 5.41) is 8.98. The van der Waals surface area contributed by atoms with Gasteiger partial charge in [-0.15, -0.1) is 0 Å². The number of likely N-dealkylation sites (tertiary alicyclic amines) is 1. The van der Waals surface area contributed by atoms with E-state index in [1.807, 2.05) is 0 Å². The molecule has 0 spiro atoms. The number of rotatable bonds is 3. The quantitative estimate of drug-likeness (QED) is 0.905. The molecule has 1 saturated heterocycles. The molecule has 1 amide bonds. The molecule has 21 heavy (non-hydrogen) atoms. The zero-order chi connectivity index (χ0) is 15.6. The number of hydrogen-bond donors (Lipinski definition) is 1. The molecule has 0 atom stereocenters. The van der Waals surface area contributed by atoms with Crippen LogP contribution in [0.3, 0.4) is 0 Å². The summed E-state index contributed by atoms with van der Waals surface area (Å²) in [6.07, 6.45) is 1.93. The number of aromatic carboxylic acids is 1. The molecule has 2 heterocycles. The lowest BCUT2D eigenvalue weighted by molar-refractivity contribution is -0.133. The lowest BCUT2D eigenvalue weighted by atomic mass is 9.99. The van der Waals surface area contributed by atoms with Gasteiger partial charge in [0.2, 0.25) is 5.91 Å². The Kier molecular flexibility index (Phi) is 4.45. The van der Waals surface area contributed by atoms with E-state index in [-0.39, 0.29) is 18.0 Å². The predicted octanol–water partition coefficient (Wildman–Crippen LogP) is 1.11. The molecule has 6 heteroatoms. The number of carbonyl (C=O) groups is 2. The van der Waals surface area contributed by atoms with Crippen molar-refractivity contribution < 1.29 is 14.7 Å². The molecule has 1 aliphatic heterocycles. The van der Waals surface area contributed by atoms with Crippen LogP contribution in [0.5, 0.6) is 0 Å². The molecule has 1 fully saturated rings. The minimum absolute atomic E-state index is 0.0971. The first-order valence-electron chi connectivity index (χ1n) is 7.11. The van der Waals surface area contributed by atoms with Crippen molar-refractivity contribution in [2.75, 3.05) is 13.1 Å². The summed E-state index contributed by atoms with van der Waals surface area (Å²) in [5.74, 6) is -0.781. The summed E-state index contributed by atoms with van der Waals surface area (Å²) in [6, 6.07) is 2.83. The molecule has 1 aromatic rings. The molecule has 1 aliphatic rings. The molecular formula is C15H20N2O4. The molecule has 0 unspecified atom stereocenters. The van der Waals surface area contributed by atoms with Gasteiger partial charge in [0, 0.05) is 18.8 Å². The standard InChI is InChI=1S/C15H20N2O4/c1-10-5-7-16(8-6-10)13(18)9-17-11(2)3-4-12(14(17)19)15(20)21/h3-4,10H,5-9H2,1-2H3,(H,20,21). The third-order valence-electron chi connectivity index (χ3n) is 4.05. The van der Waals surface area contributed by atoms with Gasteiger partial charge in [0.1, 0.15) is 12.1 Å². The minimum atomic E-state index is -1.27. The second-order valence-electron chi connectivity index (χ2n) is 5.65. The van der Waals surface area contributed by atoms with E-state index < -0.39 is 11.5 Å². The Labute approximate surface area is 123 Å². The highest BCUT2D eigenvalue weighted by atomic mass is 16.4. The monoisotopic (exact) mass is 292 g/mol. The molecule has 2 rings (SSSR count). The van der Waals surface area contributed by atoms with E-state index in [9.17, 15) is 14.4 Å². The maximum atomic E-state index is 12.3. The van der Waals surface area contributed by atoms with Crippen LogP contribution >= 0.6 is 0 Å². The number of pyridine rings is 1. The van der Waals surface area contributed by atoms with Crippen LogP contribution in [-0.4, -0.2) is 39.5 Å². The van der Waals surface area contributed by atoms with Gasteiger partial charge in [-0.25, -0.2) is 4.79 Å². The number of carboxylic acid groups (broad SMARTS) is 1. The van der Waals surface area contributed by atoms with E-state index in [0.717, 1.165) is 12.8 Å². The highest BCUT2D eigenvalue weighted by Crippen LogP contribution is 2.16. The summed E-state index contributed by atoms with van der Waals surface area (Å²) >= 11 is 0. The number of aryl methyl sites for hydroxylation is 1. The Morgan fingerprint density at radius 3 is 2.48 bits per heavy atom. The van der Waals surface area contributed by atoms with Crippen molar-refractivity contribution in [3.63, 3.8) is 0 Å². The number of aromatic nitrogens is 1. The van der Waals surface area contributed by atoms with Crippen molar-refractivity contribution >= 4 is 11.9 Å². The molecule has 114 valence electrons. The molecule has 0 aromatic carbocycles. The third kappa shape index (κ3) is 3.32. The van der Waals surface area contributed by atoms with Crippen LogP contribution in [-0.2, 0) is 11.3 Å². The fourth-order valence-electron chi connectivity index (χ4n) is 2.52. The van der Waals surface area contributed by atoms with Crippen molar-refractivity contribution in [3.05, 3.63) is 33.7 Å². The summed E-state index contributed by atoms with van der Waals surface area (Å²) in [7, 11) is 0. The average molecular weight is 292 g/mol. The van der Waals surface area contributed by atoms with Gasteiger partial charge in [0.05, 0.1) is 0 Å². The summed E-state index contributed by atoms with van der Waals surface area (Å²) in [5.41, 5.74) is -0.342. The van der Waals surface area contributed by atoms with Gasteiger partial charge in [0.25, 0.3) is 5.56 Å². The van der Waals surface area contributed by atoms with Crippen LogP contribution in [0.25, 0.3) is 0 Å². The van der Waals surface area contributed by atoms with Gasteiger partial charge < -0.3 is 14.6 Å². The average Bonchev–Trinajstić information content (AvgIpc) is 2.43. The highest BCUT2D eigenvalue weighted by Gasteiger charge is 2.22. The van der Waals surface area contributed by atoms with E-state index in [1.165, 1.54) is 10.6 Å². The highest BCUT2D eigenvalue weighted by molar-refractivity contribution is 5.87. The van der Waals surface area contributed by atoms with Crippen molar-refractivity contribution in [3.8, 4) is 0 Å². The molecule has 0 radical (unpaired) electrons. The zero-order valence-corrected chi connectivity index (χ0v) is 12.3. The Hall–Kier alpha value is -2.11. The Morgan fingerprint density at radius 1 is 1.29 bits per heavy atom. The molecular weight excluding hydrogens is 272 g/mol. The van der Waals surface area contributed by atoms with E-state index in [1.54, 1.807) is 17.9 Å². The molecule has 0 aliphatic carbocycles. The summed E-state index contributed by atoms with van der Waals surface area (Å²) < 4.78 is 1.24. The van der Waals surface area contributed by atoms with Crippen LogP contribution in [0.15, 0.2) is 16.9 Å². The second kappa shape index (κ2) is 6.11. The Balaban J connectivity index is 2.19. The largest absolute Gasteiger partial charge is 0.477 e. The van der Waals surface area contributed by atoms with Crippen molar-refractivity contribution in [2.24, 2.45) is 5.92 Å². The van der Waals surface area contributed by atoms with Gasteiger partial charge in [0.15, 0.2) is 0 Å². The second-order valence-corrected chi connectivity index (χ2v) is 5.65. The lowest BCUT2D eigenvalue weighted by Gasteiger charge is -2.30. The van der Waals surface area contributed by atoms with E-state index in [2.05, 4.69) is 6.92 Å². The maximum Gasteiger partial charge on any atom is 0.341 e. The van der Waals surface area contributed by atoms with Crippen LogP contribution in [0.1, 0.15) is 35.8 Å². The van der Waals surface area contributed by atoms with Gasteiger partial charge in [-0.1, -0.05) is 6.92 Å². The number of hydrogen-bond acceptors (Lipinski definition) is 3. The molecule has 0 saturated carbocycles. The Morgan fingerprint density at radius 2 is 1.90 bits per heavy atom. The number of carbonyl (C=O) groups excluding carboxylic acids is 1. The van der Waals surface area contributed by atoms with Gasteiger partial charge in [-0.3, -0.25) is 9.59 Å². The van der Waals surface area contributed by atoms with Gasteiger partial charge >= 0.3 is 5.97 Å². The molecule has 0 bridgehead atoms. The topological polar surface area (TPSA) is 79.6 Å². The SMILES string of the molecule is Cc1ccc(C(=O)O)c(=O)n1CC(=O)N1CCC(C)CC1. The molecule has 1 aromatic heterocycles. The van der Waals surface area contributed by atoms with E-state index in [4.69, 9.17) is 5.11 Å². The van der Waals surface area contributed by atoms with Crippen molar-refractivity contribution in [1.29, 1.82) is 0 Å². The van der Waals surface area contributed by atoms with Crippen LogP contribution < -0.4 is 5.56 Å². The summed E-state index contributed by atoms with van der Waals surface area (Å²) in [4.78, 5) is 37.1. The minimum Gasteiger partial charge on any atom is -0.477 e. The summed E-state index contributed by atoms with van der Waals surface area (Å²) in [6.45, 7) is 5.16. The Bertz CT molecular complexity index is 613. The van der Waals surface area contributed by atoms with Crippen molar-refractivity contribution in [1.82, 2.24) is 9.47 Å². The predicted molar refractivity (Wildman–Crippen MR) is 77.4 cm³/mol. The first-order valence-corrected chi connectivity index (χ1v) is 7.11. The van der Waals surface area contributed by atoms with Crippen LogP contribution in [0, 0.1) is 12.8 Å². The molecule has 1 N–H and O–H groups in total. The number of piperidine rings is 1. The first kappa shape index (κ1) is 15.3. The molecule has 6 nitrogen and oxygen atoms in total. The fourth-order valence-corrected chi connectivity index (χ4v) is 2.52. The van der Waals surface area contributed by atoms with Crippen LogP contribution in [0.4, 0.5) is 0 Å². The van der Waals surface area contributed by atoms with Crippen LogP contribution in [0.2, 0.25) is 0 Å². The van der Waals surface area contributed by atoms with Crippen molar-refractivity contribution in [2.45, 2.75) is 33.2 Å². The third-order valence-corrected chi connectivity index (χ3v) is 4.05. The normalized spacial score (nSPS) is 16.0. The maximum absolute atomic E-state index is 12.3. The smallest absolute Gasteiger partial charge is 0.341 e. The fraction of sp³-hybridized carbons (Fsp3) is 0.533. The first-order chi connectivity index (χ1) is 9.90. The number of carboxylic acids is 1. The number of amides is 1. The number of nitrogens with zero attached hydrogens (tertiary/aromatic N) is 2. The zero-order valence-electron chi connectivity index (χ0n) is 12.3. The van der Waals surface area contributed by atoms with Gasteiger partial charge in [-0.05, 0) is 37.8 Å².